The quantitative estimate of drug-likeness (QED) is 0.312. The molecule has 4 aromatic carbocycles. The van der Waals surface area contributed by atoms with Crippen LogP contribution in [0.4, 0.5) is 11.4 Å². The van der Waals surface area contributed by atoms with Gasteiger partial charge < -0.3 is 0 Å². The average molecular weight is 560 g/mol. The monoisotopic (exact) mass is 559 g/mol. The number of nitrogens with zero attached hydrogens (tertiary/aromatic N) is 3. The Bertz CT molecular complexity index is 1640. The van der Waals surface area contributed by atoms with Crippen LogP contribution in [-0.2, 0) is 20.0 Å². The van der Waals surface area contributed by atoms with Gasteiger partial charge in [0.1, 0.15) is 12.3 Å². The summed E-state index contributed by atoms with van der Waals surface area (Å²) in [5.74, 6) is 0. The standard InChI is InChI=1S/C30H29N3O4S2/c1-4-31-29-26-10-6-8-12-28(26)33(39(36,37)24-19-15-22(3)16-20-24)30(31)25-9-5-7-11-27(25)32(29)38(34,35)23-17-13-21(2)14-18-23/h5-20,29-30H,4H2,1-3H3. The lowest BCUT2D eigenvalue weighted by Gasteiger charge is -2.55. The third kappa shape index (κ3) is 3.87. The van der Waals surface area contributed by atoms with Gasteiger partial charge in [0.2, 0.25) is 0 Å². The minimum absolute atomic E-state index is 0.185. The number of rotatable bonds is 5. The molecular formula is C30H29N3O4S2. The molecule has 0 saturated heterocycles. The van der Waals surface area contributed by atoms with Gasteiger partial charge >= 0.3 is 0 Å². The molecule has 200 valence electrons. The smallest absolute Gasteiger partial charge is 0.254 e. The summed E-state index contributed by atoms with van der Waals surface area (Å²) in [6, 6.07) is 28.0. The molecule has 0 N–H and O–H groups in total. The van der Waals surface area contributed by atoms with E-state index >= 15 is 0 Å². The van der Waals surface area contributed by atoms with E-state index in [-0.39, 0.29) is 9.79 Å². The summed E-state index contributed by atoms with van der Waals surface area (Å²) in [5.41, 5.74) is 4.08. The normalized spacial score (nSPS) is 18.9. The van der Waals surface area contributed by atoms with Crippen LogP contribution in [0.5, 0.6) is 0 Å². The molecular weight excluding hydrogens is 530 g/mol. The first-order valence-electron chi connectivity index (χ1n) is 12.8. The molecule has 0 aromatic heterocycles. The summed E-state index contributed by atoms with van der Waals surface area (Å²) >= 11 is 0. The summed E-state index contributed by atoms with van der Waals surface area (Å²) in [4.78, 5) is 2.32. The third-order valence-electron chi connectivity index (χ3n) is 7.50. The van der Waals surface area contributed by atoms with Crippen molar-refractivity contribution in [2.75, 3.05) is 15.2 Å². The molecule has 0 radical (unpaired) electrons. The number of benzene rings is 4. The van der Waals surface area contributed by atoms with Crippen molar-refractivity contribution in [1.82, 2.24) is 4.90 Å². The predicted octanol–water partition coefficient (Wildman–Crippen LogP) is 5.74. The summed E-state index contributed by atoms with van der Waals surface area (Å²) in [6.07, 6.45) is -1.47. The van der Waals surface area contributed by atoms with E-state index in [1.807, 2.05) is 49.9 Å². The number of hydrogen-bond donors (Lipinski definition) is 0. The second-order valence-corrected chi connectivity index (χ2v) is 13.6. The maximum atomic E-state index is 14.3. The Morgan fingerprint density at radius 2 is 0.923 bits per heavy atom. The molecule has 0 fully saturated rings. The number of para-hydroxylation sites is 2. The minimum atomic E-state index is -4.01. The Labute approximate surface area is 230 Å². The van der Waals surface area contributed by atoms with Gasteiger partial charge in [-0.1, -0.05) is 78.7 Å². The van der Waals surface area contributed by atoms with Crippen molar-refractivity contribution in [3.8, 4) is 0 Å². The first-order valence-corrected chi connectivity index (χ1v) is 15.7. The van der Waals surface area contributed by atoms with Crippen LogP contribution in [-0.4, -0.2) is 28.3 Å². The molecule has 0 spiro atoms. The highest BCUT2D eigenvalue weighted by Crippen LogP contribution is 2.56. The molecule has 2 aliphatic heterocycles. The minimum Gasteiger partial charge on any atom is -0.254 e. The van der Waals surface area contributed by atoms with Crippen molar-refractivity contribution in [2.45, 2.75) is 42.9 Å². The fourth-order valence-electron chi connectivity index (χ4n) is 5.61. The van der Waals surface area contributed by atoms with Crippen LogP contribution in [0.15, 0.2) is 107 Å². The lowest BCUT2D eigenvalue weighted by molar-refractivity contribution is 0.131. The number of sulfonamides is 2. The highest BCUT2D eigenvalue weighted by atomic mass is 32.2. The van der Waals surface area contributed by atoms with Gasteiger partial charge in [0.05, 0.1) is 21.2 Å². The molecule has 2 aliphatic rings. The van der Waals surface area contributed by atoms with Crippen molar-refractivity contribution in [2.24, 2.45) is 0 Å². The van der Waals surface area contributed by atoms with Crippen molar-refractivity contribution >= 4 is 31.4 Å². The number of anilines is 2. The van der Waals surface area contributed by atoms with Crippen LogP contribution in [0, 0.1) is 13.8 Å². The van der Waals surface area contributed by atoms with Gasteiger partial charge in [0, 0.05) is 11.1 Å². The third-order valence-corrected chi connectivity index (χ3v) is 11.1. The van der Waals surface area contributed by atoms with Gasteiger partial charge in [-0.3, -0.25) is 4.90 Å². The zero-order chi connectivity index (χ0) is 27.5. The van der Waals surface area contributed by atoms with E-state index in [0.717, 1.165) is 11.1 Å². The second kappa shape index (κ2) is 9.22. The lowest BCUT2D eigenvalue weighted by Crippen LogP contribution is -2.58. The van der Waals surface area contributed by atoms with Crippen LogP contribution in [0.25, 0.3) is 0 Å². The molecule has 2 unspecified atom stereocenters. The van der Waals surface area contributed by atoms with Crippen LogP contribution < -0.4 is 8.61 Å². The highest BCUT2D eigenvalue weighted by molar-refractivity contribution is 7.93. The van der Waals surface area contributed by atoms with E-state index in [2.05, 4.69) is 0 Å². The Morgan fingerprint density at radius 1 is 0.564 bits per heavy atom. The molecule has 39 heavy (non-hydrogen) atoms. The molecule has 0 aliphatic carbocycles. The van der Waals surface area contributed by atoms with Crippen molar-refractivity contribution in [3.05, 3.63) is 119 Å². The van der Waals surface area contributed by atoms with Gasteiger partial charge in [-0.2, -0.15) is 0 Å². The predicted molar refractivity (Wildman–Crippen MR) is 152 cm³/mol. The zero-order valence-electron chi connectivity index (χ0n) is 21.9. The maximum absolute atomic E-state index is 14.3. The van der Waals surface area contributed by atoms with Crippen molar-refractivity contribution in [3.63, 3.8) is 0 Å². The number of hydrogen-bond acceptors (Lipinski definition) is 5. The summed E-state index contributed by atoms with van der Waals surface area (Å²) in [5, 5.41) is 0. The summed E-state index contributed by atoms with van der Waals surface area (Å²) in [6.45, 7) is 6.17. The topological polar surface area (TPSA) is 78.0 Å². The fraction of sp³-hybridized carbons (Fsp3) is 0.200. The van der Waals surface area contributed by atoms with E-state index in [4.69, 9.17) is 0 Å². The van der Waals surface area contributed by atoms with Gasteiger partial charge in [0.15, 0.2) is 0 Å². The van der Waals surface area contributed by atoms with Crippen LogP contribution in [0.2, 0.25) is 0 Å². The molecule has 6 rings (SSSR count). The molecule has 2 bridgehead atoms. The fourth-order valence-corrected chi connectivity index (χ4v) is 8.86. The lowest BCUT2D eigenvalue weighted by atomic mass is 9.96. The van der Waals surface area contributed by atoms with Crippen LogP contribution >= 0.6 is 0 Å². The molecule has 2 heterocycles. The van der Waals surface area contributed by atoms with Gasteiger partial charge in [-0.25, -0.2) is 25.4 Å². The maximum Gasteiger partial charge on any atom is 0.265 e. The van der Waals surface area contributed by atoms with Crippen molar-refractivity contribution < 1.29 is 16.8 Å². The van der Waals surface area contributed by atoms with E-state index in [9.17, 15) is 16.8 Å². The molecule has 7 nitrogen and oxygen atoms in total. The second-order valence-electron chi connectivity index (χ2n) is 9.92. The van der Waals surface area contributed by atoms with Crippen molar-refractivity contribution in [1.29, 1.82) is 0 Å². The largest absolute Gasteiger partial charge is 0.265 e. The Kier molecular flexibility index (Phi) is 6.05. The molecule has 4 aromatic rings. The first-order chi connectivity index (χ1) is 18.7. The molecule has 9 heteroatoms. The average Bonchev–Trinajstić information content (AvgIpc) is 2.93. The Morgan fingerprint density at radius 3 is 1.28 bits per heavy atom. The van der Waals surface area contributed by atoms with Crippen LogP contribution in [0.1, 0.15) is 41.5 Å². The molecule has 2 atom stereocenters. The summed E-state index contributed by atoms with van der Waals surface area (Å²) in [7, 11) is -8.03. The van der Waals surface area contributed by atoms with Gasteiger partial charge in [0.25, 0.3) is 20.0 Å². The molecule has 0 saturated carbocycles. The van der Waals surface area contributed by atoms with E-state index in [0.29, 0.717) is 29.0 Å². The van der Waals surface area contributed by atoms with Crippen LogP contribution in [0.3, 0.4) is 0 Å². The van der Waals surface area contributed by atoms with Gasteiger partial charge in [-0.05, 0) is 56.8 Å². The SMILES string of the molecule is CCN1C2c3ccccc3N(S(=O)(=O)c3ccc(C)cc3)C1c1ccccc1N2S(=O)(=O)c1ccc(C)cc1. The van der Waals surface area contributed by atoms with E-state index in [1.165, 1.54) is 8.61 Å². The van der Waals surface area contributed by atoms with Gasteiger partial charge in [-0.15, -0.1) is 0 Å². The number of fused-ring (bicyclic) bond motifs is 6. The molecule has 0 amide bonds. The summed E-state index contributed by atoms with van der Waals surface area (Å²) < 4.78 is 60.2. The first kappa shape index (κ1) is 25.6. The Hall–Kier alpha value is -3.66. The Balaban J connectivity index is 1.64. The van der Waals surface area contributed by atoms with E-state index in [1.54, 1.807) is 72.8 Å². The highest BCUT2D eigenvalue weighted by Gasteiger charge is 2.53. The van der Waals surface area contributed by atoms with E-state index < -0.39 is 32.4 Å². The number of aryl methyl sites for hydroxylation is 2. The zero-order valence-corrected chi connectivity index (χ0v) is 23.5.